The van der Waals surface area contributed by atoms with Gasteiger partial charge in [-0.3, -0.25) is 0 Å². The Hall–Kier alpha value is -1.31. The molecule has 1 heterocycles. The maximum absolute atomic E-state index is 9.03. The van der Waals surface area contributed by atoms with E-state index >= 15 is 0 Å². The predicted octanol–water partition coefficient (Wildman–Crippen LogP) is 2.57. The van der Waals surface area contributed by atoms with Crippen LogP contribution in [0.4, 0.5) is 5.82 Å². The lowest BCUT2D eigenvalue weighted by molar-refractivity contribution is 0.254. The highest BCUT2D eigenvalue weighted by atomic mass is 35.5. The smallest absolute Gasteiger partial charge is 0.145 e. The van der Waals surface area contributed by atoms with E-state index in [4.69, 9.17) is 22.0 Å². The fraction of sp³-hybridized carbons (Fsp3) is 0.538. The van der Waals surface area contributed by atoms with Gasteiger partial charge in [0.1, 0.15) is 11.9 Å². The first-order valence-electron chi connectivity index (χ1n) is 6.17. The van der Waals surface area contributed by atoms with Crippen LogP contribution in [0, 0.1) is 17.2 Å². The standard InChI is InChI=1S/C13H16ClN3O/c14-11-6-9(7-15)8-16-13(11)17-12-3-1-2-10(12)4-5-18/h6,8,10,12,18H,1-5H2,(H,16,17). The topological polar surface area (TPSA) is 68.9 Å². The SMILES string of the molecule is N#Cc1cnc(NC2CCCC2CCO)c(Cl)c1. The fourth-order valence-electron chi connectivity index (χ4n) is 2.52. The van der Waals surface area contributed by atoms with Crippen molar-refractivity contribution in [1.29, 1.82) is 5.26 Å². The fourth-order valence-corrected chi connectivity index (χ4v) is 2.74. The second-order valence-electron chi connectivity index (χ2n) is 4.62. The highest BCUT2D eigenvalue weighted by Crippen LogP contribution is 2.32. The van der Waals surface area contributed by atoms with E-state index in [-0.39, 0.29) is 6.61 Å². The third-order valence-corrected chi connectivity index (χ3v) is 3.74. The first-order valence-corrected chi connectivity index (χ1v) is 6.55. The van der Waals surface area contributed by atoms with Crippen LogP contribution < -0.4 is 5.32 Å². The van der Waals surface area contributed by atoms with Crippen LogP contribution in [0.2, 0.25) is 5.02 Å². The summed E-state index contributed by atoms with van der Waals surface area (Å²) in [5.74, 6) is 1.11. The van der Waals surface area contributed by atoms with Gasteiger partial charge in [0.2, 0.25) is 0 Å². The maximum atomic E-state index is 9.03. The number of aliphatic hydroxyl groups excluding tert-OH is 1. The first kappa shape index (κ1) is 13.1. The molecule has 0 amide bonds. The largest absolute Gasteiger partial charge is 0.396 e. The Balaban J connectivity index is 2.07. The zero-order valence-corrected chi connectivity index (χ0v) is 10.8. The van der Waals surface area contributed by atoms with Crippen LogP contribution in [0.3, 0.4) is 0 Å². The Morgan fingerprint density at radius 2 is 2.39 bits per heavy atom. The highest BCUT2D eigenvalue weighted by molar-refractivity contribution is 6.33. The Kier molecular flexibility index (Phi) is 4.40. The zero-order valence-electron chi connectivity index (χ0n) is 10.1. The predicted molar refractivity (Wildman–Crippen MR) is 70.4 cm³/mol. The van der Waals surface area contributed by atoms with Crippen molar-refractivity contribution in [2.75, 3.05) is 11.9 Å². The van der Waals surface area contributed by atoms with Gasteiger partial charge in [-0.05, 0) is 31.2 Å². The number of aliphatic hydroxyl groups is 1. The Bertz CT molecular complexity index is 458. The molecule has 1 aliphatic carbocycles. The molecule has 0 radical (unpaired) electrons. The lowest BCUT2D eigenvalue weighted by Crippen LogP contribution is -2.25. The number of hydrogen-bond donors (Lipinski definition) is 2. The summed E-state index contributed by atoms with van der Waals surface area (Å²) >= 11 is 6.09. The normalized spacial score (nSPS) is 22.7. The van der Waals surface area contributed by atoms with Crippen molar-refractivity contribution in [3.8, 4) is 6.07 Å². The van der Waals surface area contributed by atoms with Crippen molar-refractivity contribution < 1.29 is 5.11 Å². The van der Waals surface area contributed by atoms with Crippen LogP contribution in [-0.2, 0) is 0 Å². The third-order valence-electron chi connectivity index (χ3n) is 3.45. The van der Waals surface area contributed by atoms with Crippen LogP contribution in [0.25, 0.3) is 0 Å². The number of pyridine rings is 1. The maximum Gasteiger partial charge on any atom is 0.145 e. The van der Waals surface area contributed by atoms with E-state index in [1.165, 1.54) is 6.20 Å². The molecule has 2 rings (SSSR count). The molecule has 1 aromatic rings. The average Bonchev–Trinajstić information content (AvgIpc) is 2.80. The molecule has 1 saturated carbocycles. The summed E-state index contributed by atoms with van der Waals surface area (Å²) in [6, 6.07) is 3.94. The Morgan fingerprint density at radius 3 is 3.06 bits per heavy atom. The number of nitrogens with zero attached hydrogens (tertiary/aromatic N) is 2. The van der Waals surface area contributed by atoms with E-state index in [0.29, 0.717) is 28.4 Å². The number of halogens is 1. The molecule has 1 fully saturated rings. The minimum Gasteiger partial charge on any atom is -0.396 e. The van der Waals surface area contributed by atoms with Crippen LogP contribution in [0.5, 0.6) is 0 Å². The summed E-state index contributed by atoms with van der Waals surface area (Å²) in [4.78, 5) is 4.18. The van der Waals surface area contributed by atoms with Crippen molar-refractivity contribution in [3.05, 3.63) is 22.8 Å². The molecule has 0 spiro atoms. The monoisotopic (exact) mass is 265 g/mol. The molecule has 0 bridgehead atoms. The molecule has 18 heavy (non-hydrogen) atoms. The van der Waals surface area contributed by atoms with Gasteiger partial charge in [0, 0.05) is 18.8 Å². The molecule has 1 aromatic heterocycles. The number of aromatic nitrogens is 1. The van der Waals surface area contributed by atoms with E-state index in [9.17, 15) is 0 Å². The average molecular weight is 266 g/mol. The van der Waals surface area contributed by atoms with Gasteiger partial charge in [0.05, 0.1) is 10.6 Å². The van der Waals surface area contributed by atoms with Crippen LogP contribution in [0.15, 0.2) is 12.3 Å². The number of nitrogens with one attached hydrogen (secondary N) is 1. The summed E-state index contributed by atoms with van der Waals surface area (Å²) < 4.78 is 0. The van der Waals surface area contributed by atoms with Gasteiger partial charge < -0.3 is 10.4 Å². The second kappa shape index (κ2) is 6.03. The quantitative estimate of drug-likeness (QED) is 0.878. The lowest BCUT2D eigenvalue weighted by Gasteiger charge is -2.21. The van der Waals surface area contributed by atoms with Gasteiger partial charge in [0.15, 0.2) is 0 Å². The minimum atomic E-state index is 0.220. The van der Waals surface area contributed by atoms with Gasteiger partial charge in [-0.25, -0.2) is 4.98 Å². The number of nitriles is 1. The van der Waals surface area contributed by atoms with Crippen molar-refractivity contribution in [2.45, 2.75) is 31.7 Å². The van der Waals surface area contributed by atoms with E-state index in [1.54, 1.807) is 6.07 Å². The number of anilines is 1. The molecule has 4 nitrogen and oxygen atoms in total. The zero-order chi connectivity index (χ0) is 13.0. The third kappa shape index (κ3) is 2.92. The van der Waals surface area contributed by atoms with E-state index < -0.39 is 0 Å². The Labute approximate surface area is 112 Å². The molecule has 1 aliphatic rings. The van der Waals surface area contributed by atoms with Gasteiger partial charge in [-0.1, -0.05) is 18.0 Å². The summed E-state index contributed by atoms with van der Waals surface area (Å²) in [6.45, 7) is 0.220. The van der Waals surface area contributed by atoms with Gasteiger partial charge in [-0.2, -0.15) is 5.26 Å². The minimum absolute atomic E-state index is 0.220. The molecule has 0 aromatic carbocycles. The van der Waals surface area contributed by atoms with Crippen molar-refractivity contribution in [1.82, 2.24) is 4.98 Å². The molecule has 2 atom stereocenters. The molecule has 5 heteroatoms. The molecular weight excluding hydrogens is 250 g/mol. The summed E-state index contributed by atoms with van der Waals surface area (Å²) in [5, 5.41) is 21.6. The van der Waals surface area contributed by atoms with Gasteiger partial charge in [0.25, 0.3) is 0 Å². The van der Waals surface area contributed by atoms with E-state index in [2.05, 4.69) is 10.3 Å². The lowest BCUT2D eigenvalue weighted by atomic mass is 10.00. The molecule has 0 aliphatic heterocycles. The van der Waals surface area contributed by atoms with E-state index in [0.717, 1.165) is 25.7 Å². The molecule has 2 unspecified atom stereocenters. The summed E-state index contributed by atoms with van der Waals surface area (Å²) in [6.07, 6.45) is 5.70. The highest BCUT2D eigenvalue weighted by Gasteiger charge is 2.27. The van der Waals surface area contributed by atoms with Crippen molar-refractivity contribution >= 4 is 17.4 Å². The summed E-state index contributed by atoms with van der Waals surface area (Å²) in [5.41, 5.74) is 0.462. The first-order chi connectivity index (χ1) is 8.74. The van der Waals surface area contributed by atoms with Crippen LogP contribution >= 0.6 is 11.6 Å². The van der Waals surface area contributed by atoms with Crippen LogP contribution in [0.1, 0.15) is 31.2 Å². The second-order valence-corrected chi connectivity index (χ2v) is 5.03. The molecule has 0 saturated heterocycles. The molecule has 2 N–H and O–H groups in total. The van der Waals surface area contributed by atoms with Crippen molar-refractivity contribution in [3.63, 3.8) is 0 Å². The number of rotatable bonds is 4. The molecular formula is C13H16ClN3O. The van der Waals surface area contributed by atoms with Gasteiger partial charge in [-0.15, -0.1) is 0 Å². The summed E-state index contributed by atoms with van der Waals surface area (Å²) in [7, 11) is 0. The van der Waals surface area contributed by atoms with Crippen LogP contribution in [-0.4, -0.2) is 22.7 Å². The van der Waals surface area contributed by atoms with E-state index in [1.807, 2.05) is 6.07 Å². The van der Waals surface area contributed by atoms with Crippen molar-refractivity contribution in [2.24, 2.45) is 5.92 Å². The number of hydrogen-bond acceptors (Lipinski definition) is 4. The van der Waals surface area contributed by atoms with Gasteiger partial charge >= 0.3 is 0 Å². The molecule has 96 valence electrons. The Morgan fingerprint density at radius 1 is 1.56 bits per heavy atom.